The summed E-state index contributed by atoms with van der Waals surface area (Å²) in [7, 11) is 1.58. The lowest BCUT2D eigenvalue weighted by Gasteiger charge is -2.37. The molecule has 3 aromatic carbocycles. The molecule has 3 aliphatic heterocycles. The Labute approximate surface area is 370 Å². The maximum absolute atomic E-state index is 13.2. The van der Waals surface area contributed by atoms with Crippen molar-refractivity contribution < 1.29 is 24.0 Å². The zero-order valence-corrected chi connectivity index (χ0v) is 35.8. The Balaban J connectivity index is 0.726. The molecule has 1 atom stereocenters. The number of hydrogen-bond acceptors (Lipinski definition) is 11. The van der Waals surface area contributed by atoms with Gasteiger partial charge in [0, 0.05) is 93.7 Å². The van der Waals surface area contributed by atoms with Gasteiger partial charge >= 0.3 is 6.03 Å². The molecule has 8 rings (SSSR count). The molecule has 0 bridgehead atoms. The van der Waals surface area contributed by atoms with Crippen molar-refractivity contribution in [1.82, 2.24) is 41.0 Å². The van der Waals surface area contributed by atoms with Crippen molar-refractivity contribution >= 4 is 70.1 Å². The molecule has 17 heteroatoms. The molecule has 63 heavy (non-hydrogen) atoms. The van der Waals surface area contributed by atoms with Gasteiger partial charge in [-0.3, -0.25) is 24.5 Å². The van der Waals surface area contributed by atoms with Crippen molar-refractivity contribution in [1.29, 1.82) is 0 Å². The summed E-state index contributed by atoms with van der Waals surface area (Å²) in [6.07, 6.45) is 6.55. The van der Waals surface area contributed by atoms with Gasteiger partial charge in [0.2, 0.25) is 17.8 Å². The first-order chi connectivity index (χ1) is 30.6. The second-order valence-corrected chi connectivity index (χ2v) is 16.5. The van der Waals surface area contributed by atoms with E-state index in [0.29, 0.717) is 72.1 Å². The molecule has 6 N–H and O–H groups in total. The predicted molar refractivity (Wildman–Crippen MR) is 240 cm³/mol. The Morgan fingerprint density at radius 3 is 2.43 bits per heavy atom. The molecule has 4 aromatic rings. The van der Waals surface area contributed by atoms with Gasteiger partial charge in [-0.2, -0.15) is 4.98 Å². The first-order valence-electron chi connectivity index (χ1n) is 21.4. The van der Waals surface area contributed by atoms with Crippen molar-refractivity contribution in [3.63, 3.8) is 0 Å². The highest BCUT2D eigenvalue weighted by atomic mass is 35.5. The van der Waals surface area contributed by atoms with Crippen molar-refractivity contribution in [3.05, 3.63) is 100 Å². The Kier molecular flexibility index (Phi) is 13.3. The van der Waals surface area contributed by atoms with Crippen LogP contribution in [0.5, 0.6) is 0 Å². The second kappa shape index (κ2) is 19.6. The molecule has 4 aliphatic rings. The lowest BCUT2D eigenvalue weighted by molar-refractivity contribution is -0.136. The van der Waals surface area contributed by atoms with Crippen LogP contribution in [0, 0.1) is 11.8 Å². The summed E-state index contributed by atoms with van der Waals surface area (Å²) in [6, 6.07) is 20.5. The monoisotopic (exact) mass is 871 g/mol. The fourth-order valence-corrected chi connectivity index (χ4v) is 8.62. The molecule has 3 fully saturated rings. The first kappa shape index (κ1) is 43.0. The number of hydrogen-bond donors (Lipinski definition) is 6. The quantitative estimate of drug-likeness (QED) is 0.0682. The van der Waals surface area contributed by atoms with Gasteiger partial charge < -0.3 is 41.3 Å². The molecule has 16 nitrogen and oxygen atoms in total. The topological polar surface area (TPSA) is 193 Å². The minimum absolute atomic E-state index is 0.00516. The standard InChI is InChI=1S/C46H50ClN11O5/c1-48-42(60)36-7-2-3-8-38(36)53-41-37(47)27-50-45(55-41)51-32-14-16-34(17-15-32)56-22-24-57(25-23-56)46(63)52-33-12-10-31(11-13-33)49-21-5-4-6-29-9-18-35-30(26-29)28-58(44(35)62)39-19-20-40(59)54-43(39)61/h2-3,7-9,14-18,26-27,31,33,39,49H,5,10-13,19-25,28H2,1H3,(H,48,60)(H,52,63)(H,54,59,61)(H2,50,51,53,55). The molecule has 0 spiro atoms. The van der Waals surface area contributed by atoms with E-state index >= 15 is 0 Å². The number of halogens is 1. The van der Waals surface area contributed by atoms with Crippen LogP contribution in [0.4, 0.5) is 33.6 Å². The summed E-state index contributed by atoms with van der Waals surface area (Å²) in [5.41, 5.74) is 5.14. The van der Waals surface area contributed by atoms with Crippen molar-refractivity contribution in [2.24, 2.45) is 0 Å². The Morgan fingerprint density at radius 2 is 1.67 bits per heavy atom. The highest BCUT2D eigenvalue weighted by molar-refractivity contribution is 6.33. The zero-order valence-electron chi connectivity index (χ0n) is 35.0. The molecule has 2 saturated heterocycles. The number of aromatic nitrogens is 2. The third kappa shape index (κ3) is 10.3. The minimum atomic E-state index is -0.632. The van der Waals surface area contributed by atoms with Gasteiger partial charge in [0.05, 0.1) is 17.4 Å². The van der Waals surface area contributed by atoms with Crippen molar-refractivity contribution in [3.8, 4) is 11.8 Å². The molecule has 1 unspecified atom stereocenters. The third-order valence-electron chi connectivity index (χ3n) is 11.9. The molecule has 1 aliphatic carbocycles. The van der Waals surface area contributed by atoms with Gasteiger partial charge in [-0.05, 0) is 92.3 Å². The van der Waals surface area contributed by atoms with Crippen LogP contribution in [0.2, 0.25) is 5.02 Å². The number of amides is 6. The van der Waals surface area contributed by atoms with Crippen LogP contribution in [0.3, 0.4) is 0 Å². The first-order valence-corrected chi connectivity index (χ1v) is 21.8. The summed E-state index contributed by atoms with van der Waals surface area (Å²) in [5.74, 6) is 6.03. The van der Waals surface area contributed by atoms with E-state index in [0.717, 1.165) is 67.8 Å². The number of imide groups is 1. The SMILES string of the molecule is CNC(=O)c1ccccc1Nc1nc(Nc2ccc(N3CCN(C(=O)NC4CCC(NCCC#Cc5ccc6c(c5)CN(C5CCC(=O)NC5=O)C6=O)CC4)CC3)cc2)ncc1Cl. The summed E-state index contributed by atoms with van der Waals surface area (Å²) < 4.78 is 0. The van der Waals surface area contributed by atoms with E-state index in [1.54, 1.807) is 36.2 Å². The van der Waals surface area contributed by atoms with E-state index in [1.807, 2.05) is 47.4 Å². The lowest BCUT2D eigenvalue weighted by Crippen LogP contribution is -2.54. The predicted octanol–water partition coefficient (Wildman–Crippen LogP) is 4.91. The van der Waals surface area contributed by atoms with Gasteiger partial charge in [0.1, 0.15) is 11.1 Å². The third-order valence-corrected chi connectivity index (χ3v) is 12.2. The van der Waals surface area contributed by atoms with Gasteiger partial charge in [0.25, 0.3) is 11.8 Å². The van der Waals surface area contributed by atoms with Crippen LogP contribution in [0.15, 0.2) is 72.9 Å². The number of piperidine rings is 1. The lowest BCUT2D eigenvalue weighted by atomic mass is 9.91. The van der Waals surface area contributed by atoms with Crippen LogP contribution >= 0.6 is 11.6 Å². The fourth-order valence-electron chi connectivity index (χ4n) is 8.48. The van der Waals surface area contributed by atoms with Crippen LogP contribution < -0.4 is 36.8 Å². The number of nitrogens with one attached hydrogen (secondary N) is 6. The normalized spacial score (nSPS) is 19.7. The van der Waals surface area contributed by atoms with Gasteiger partial charge in [-0.15, -0.1) is 0 Å². The van der Waals surface area contributed by atoms with E-state index in [4.69, 9.17) is 11.6 Å². The number of carbonyl (C=O) groups is 5. The molecule has 1 saturated carbocycles. The van der Waals surface area contributed by atoms with Crippen LogP contribution in [-0.2, 0) is 16.1 Å². The second-order valence-electron chi connectivity index (χ2n) is 16.1. The number of fused-ring (bicyclic) bond motifs is 1. The van der Waals surface area contributed by atoms with Gasteiger partial charge in [-0.1, -0.05) is 35.6 Å². The number of carbonyl (C=O) groups excluding carboxylic acids is 5. The zero-order chi connectivity index (χ0) is 43.9. The molecule has 1 aromatic heterocycles. The fraction of sp³-hybridized carbons (Fsp3) is 0.370. The number of piperazine rings is 1. The Bertz CT molecular complexity index is 2440. The number of benzene rings is 3. The smallest absolute Gasteiger partial charge is 0.317 e. The largest absolute Gasteiger partial charge is 0.368 e. The number of nitrogens with zero attached hydrogens (tertiary/aromatic N) is 5. The van der Waals surface area contributed by atoms with Crippen molar-refractivity contribution in [2.45, 2.75) is 69.6 Å². The van der Waals surface area contributed by atoms with Crippen LogP contribution in [-0.4, -0.2) is 107 Å². The average molecular weight is 872 g/mol. The maximum Gasteiger partial charge on any atom is 0.317 e. The molecule has 0 radical (unpaired) electrons. The van der Waals surface area contributed by atoms with E-state index in [1.165, 1.54) is 6.20 Å². The molecular weight excluding hydrogens is 822 g/mol. The van der Waals surface area contributed by atoms with E-state index < -0.39 is 11.9 Å². The molecule has 326 valence electrons. The van der Waals surface area contributed by atoms with Gasteiger partial charge in [0.15, 0.2) is 5.82 Å². The Morgan fingerprint density at radius 1 is 0.905 bits per heavy atom. The number of para-hydroxylation sites is 1. The maximum atomic E-state index is 13.2. The summed E-state index contributed by atoms with van der Waals surface area (Å²) in [5, 5.41) is 18.6. The molecule has 4 heterocycles. The number of urea groups is 1. The molecule has 6 amide bonds. The highest BCUT2D eigenvalue weighted by Crippen LogP contribution is 2.30. The van der Waals surface area contributed by atoms with E-state index in [2.05, 4.69) is 58.6 Å². The molecular formula is C46H50ClN11O5. The van der Waals surface area contributed by atoms with E-state index in [9.17, 15) is 24.0 Å². The van der Waals surface area contributed by atoms with Crippen LogP contribution in [0.25, 0.3) is 0 Å². The van der Waals surface area contributed by atoms with Crippen LogP contribution in [0.1, 0.15) is 76.8 Å². The minimum Gasteiger partial charge on any atom is -0.368 e. The van der Waals surface area contributed by atoms with Gasteiger partial charge in [-0.25, -0.2) is 9.78 Å². The average Bonchev–Trinajstić information content (AvgIpc) is 3.62. The van der Waals surface area contributed by atoms with Crippen molar-refractivity contribution in [2.75, 3.05) is 55.3 Å². The highest BCUT2D eigenvalue weighted by Gasteiger charge is 2.39. The summed E-state index contributed by atoms with van der Waals surface area (Å²) in [6.45, 7) is 3.80. The number of rotatable bonds is 11. The number of anilines is 5. The Hall–Kier alpha value is -6.70. The van der Waals surface area contributed by atoms with E-state index in [-0.39, 0.29) is 36.2 Å². The summed E-state index contributed by atoms with van der Waals surface area (Å²) >= 11 is 6.40. The summed E-state index contributed by atoms with van der Waals surface area (Å²) in [4.78, 5) is 77.0.